The van der Waals surface area contributed by atoms with Crippen molar-refractivity contribution < 1.29 is 9.59 Å². The molecule has 1 fully saturated rings. The lowest BCUT2D eigenvalue weighted by molar-refractivity contribution is -0.134. The van der Waals surface area contributed by atoms with Crippen LogP contribution in [0.4, 0.5) is 0 Å². The minimum atomic E-state index is -0.268. The summed E-state index contributed by atoms with van der Waals surface area (Å²) >= 11 is 2.93. The van der Waals surface area contributed by atoms with Crippen LogP contribution in [-0.2, 0) is 9.59 Å². The van der Waals surface area contributed by atoms with Gasteiger partial charge in [-0.15, -0.1) is 11.8 Å². The normalized spacial score (nSPS) is 24.8. The molecule has 0 spiro atoms. The number of likely N-dealkylation sites (tertiary alicyclic amines) is 1. The van der Waals surface area contributed by atoms with Gasteiger partial charge in [0.2, 0.25) is 11.8 Å². The first-order chi connectivity index (χ1) is 13.9. The number of allylic oxidation sites excluding steroid dienone is 1. The van der Waals surface area contributed by atoms with Gasteiger partial charge in [0.15, 0.2) is 0 Å². The van der Waals surface area contributed by atoms with E-state index >= 15 is 0 Å². The highest BCUT2D eigenvalue weighted by atomic mass is 32.2. The molecule has 2 amide bonds. The van der Waals surface area contributed by atoms with E-state index in [-0.39, 0.29) is 42.0 Å². The molecule has 1 aromatic carbocycles. The van der Waals surface area contributed by atoms with Crippen molar-refractivity contribution >= 4 is 35.3 Å². The van der Waals surface area contributed by atoms with Crippen LogP contribution >= 0.6 is 23.5 Å². The second-order valence-corrected chi connectivity index (χ2v) is 9.52. The smallest absolute Gasteiger partial charge is 0.233 e. The van der Waals surface area contributed by atoms with Crippen molar-refractivity contribution in [3.63, 3.8) is 0 Å². The third-order valence-corrected chi connectivity index (χ3v) is 7.44. The Morgan fingerprint density at radius 1 is 1.24 bits per heavy atom. The summed E-state index contributed by atoms with van der Waals surface area (Å²) in [5.41, 5.74) is 1.50. The largest absolute Gasteiger partial charge is 0.337 e. The number of nitrogens with zero attached hydrogens (tertiary/aromatic N) is 2. The summed E-state index contributed by atoms with van der Waals surface area (Å²) in [5.74, 6) is -0.0824. The van der Waals surface area contributed by atoms with E-state index in [4.69, 9.17) is 0 Å². The van der Waals surface area contributed by atoms with E-state index in [1.54, 1.807) is 11.8 Å². The molecule has 1 saturated heterocycles. The molecule has 3 rings (SSSR count). The van der Waals surface area contributed by atoms with Gasteiger partial charge in [-0.25, -0.2) is 0 Å². The highest BCUT2D eigenvalue weighted by Gasteiger charge is 2.32. The zero-order valence-electron chi connectivity index (χ0n) is 17.1. The molecule has 154 valence electrons. The topological polar surface area (TPSA) is 73.2 Å². The molecule has 0 bridgehead atoms. The summed E-state index contributed by atoms with van der Waals surface area (Å²) in [6.07, 6.45) is 5.46. The minimum absolute atomic E-state index is 0.0696. The molecular formula is C22H27N3O2S2. The number of benzene rings is 1. The summed E-state index contributed by atoms with van der Waals surface area (Å²) in [5, 5.41) is 13.2. The molecule has 1 N–H and O–H groups in total. The molecule has 2 aliphatic rings. The van der Waals surface area contributed by atoms with E-state index in [2.05, 4.69) is 25.2 Å². The summed E-state index contributed by atoms with van der Waals surface area (Å²) in [6.45, 7) is 4.18. The highest BCUT2D eigenvalue weighted by Crippen LogP contribution is 2.36. The summed E-state index contributed by atoms with van der Waals surface area (Å²) in [6, 6.07) is 10.7. The lowest BCUT2D eigenvalue weighted by atomic mass is 9.87. The Morgan fingerprint density at radius 3 is 2.48 bits per heavy atom. The van der Waals surface area contributed by atoms with Crippen LogP contribution in [0.2, 0.25) is 0 Å². The van der Waals surface area contributed by atoms with Crippen molar-refractivity contribution in [3.05, 3.63) is 40.4 Å². The van der Waals surface area contributed by atoms with Crippen LogP contribution in [0.1, 0.15) is 51.0 Å². The quantitative estimate of drug-likeness (QED) is 0.708. The molecule has 29 heavy (non-hydrogen) atoms. The Bertz CT molecular complexity index is 835. The number of nitrogens with one attached hydrogen (secondary N) is 1. The van der Waals surface area contributed by atoms with Gasteiger partial charge in [-0.3, -0.25) is 9.59 Å². The van der Waals surface area contributed by atoms with Crippen LogP contribution in [0.3, 0.4) is 0 Å². The first-order valence-electron chi connectivity index (χ1n) is 9.96. The van der Waals surface area contributed by atoms with Crippen LogP contribution in [0.25, 0.3) is 0 Å². The van der Waals surface area contributed by atoms with Crippen molar-refractivity contribution in [2.24, 2.45) is 0 Å². The fourth-order valence-corrected chi connectivity index (χ4v) is 5.53. The SMILES string of the molecule is CSc1ccc([C@@H]2CC(=O)NC(SCC(=O)N3[C@@H](C)CCC[C@@H]3C)=C2C#N)cc1. The van der Waals surface area contributed by atoms with Crippen molar-refractivity contribution in [1.82, 2.24) is 10.2 Å². The van der Waals surface area contributed by atoms with Crippen molar-refractivity contribution in [2.45, 2.75) is 62.4 Å². The second-order valence-electron chi connectivity index (χ2n) is 7.65. The molecule has 2 heterocycles. The monoisotopic (exact) mass is 429 g/mol. The Morgan fingerprint density at radius 2 is 1.90 bits per heavy atom. The van der Waals surface area contributed by atoms with Crippen molar-refractivity contribution in [3.8, 4) is 6.07 Å². The first kappa shape index (κ1) is 21.8. The average molecular weight is 430 g/mol. The number of carbonyl (C=O) groups excluding carboxylic acids is 2. The number of piperidine rings is 1. The van der Waals surface area contributed by atoms with E-state index in [9.17, 15) is 14.9 Å². The Kier molecular flexibility index (Phi) is 7.31. The molecular weight excluding hydrogens is 402 g/mol. The van der Waals surface area contributed by atoms with Gasteiger partial charge >= 0.3 is 0 Å². The zero-order valence-corrected chi connectivity index (χ0v) is 18.7. The van der Waals surface area contributed by atoms with Crippen LogP contribution in [0.5, 0.6) is 0 Å². The Balaban J connectivity index is 1.78. The molecule has 0 aromatic heterocycles. The third kappa shape index (κ3) is 4.99. The molecule has 2 aliphatic heterocycles. The minimum Gasteiger partial charge on any atom is -0.337 e. The van der Waals surface area contributed by atoms with Gasteiger partial charge in [-0.1, -0.05) is 23.9 Å². The van der Waals surface area contributed by atoms with E-state index < -0.39 is 0 Å². The number of thioether (sulfide) groups is 2. The van der Waals surface area contributed by atoms with E-state index in [1.807, 2.05) is 35.4 Å². The van der Waals surface area contributed by atoms with E-state index in [1.165, 1.54) is 11.8 Å². The standard InChI is InChI=1S/C22H27N3O2S2/c1-14-5-4-6-15(2)25(14)21(27)13-29-22-19(12-23)18(11-20(26)24-22)16-7-9-17(28-3)10-8-16/h7-10,14-15,18H,4-6,11,13H2,1-3H3,(H,24,26)/t14-,15-,18-/m0/s1. The number of carbonyl (C=O) groups is 2. The predicted octanol–water partition coefficient (Wildman–Crippen LogP) is 4.27. The van der Waals surface area contributed by atoms with Gasteiger partial charge in [0.1, 0.15) is 0 Å². The number of hydrogen-bond donors (Lipinski definition) is 1. The lowest BCUT2D eigenvalue weighted by Gasteiger charge is -2.39. The first-order valence-corrected chi connectivity index (χ1v) is 12.2. The Labute approximate surface area is 181 Å². The highest BCUT2D eigenvalue weighted by molar-refractivity contribution is 8.03. The number of rotatable bonds is 5. The molecule has 5 nitrogen and oxygen atoms in total. The van der Waals surface area contributed by atoms with Gasteiger partial charge in [0.05, 0.1) is 22.4 Å². The van der Waals surface area contributed by atoms with Crippen molar-refractivity contribution in [2.75, 3.05) is 12.0 Å². The van der Waals surface area contributed by atoms with E-state index in [0.29, 0.717) is 10.6 Å². The number of nitriles is 1. The summed E-state index contributed by atoms with van der Waals surface area (Å²) in [4.78, 5) is 28.3. The van der Waals surface area contributed by atoms with Gasteiger partial charge in [-0.2, -0.15) is 5.26 Å². The van der Waals surface area contributed by atoms with Crippen LogP contribution in [0.15, 0.2) is 39.8 Å². The molecule has 0 radical (unpaired) electrons. The van der Waals surface area contributed by atoms with Gasteiger partial charge in [-0.05, 0) is 57.1 Å². The molecule has 0 saturated carbocycles. The Hall–Kier alpha value is -1.91. The van der Waals surface area contributed by atoms with Gasteiger partial charge < -0.3 is 10.2 Å². The zero-order chi connectivity index (χ0) is 21.0. The molecule has 1 aromatic rings. The van der Waals surface area contributed by atoms with Gasteiger partial charge in [0.25, 0.3) is 0 Å². The third-order valence-electron chi connectivity index (χ3n) is 5.70. The number of amides is 2. The van der Waals surface area contributed by atoms with Crippen LogP contribution < -0.4 is 5.32 Å². The van der Waals surface area contributed by atoms with Gasteiger partial charge in [0, 0.05) is 29.3 Å². The van der Waals surface area contributed by atoms with Crippen LogP contribution in [0, 0.1) is 11.3 Å². The molecule has 3 atom stereocenters. The fourth-order valence-electron chi connectivity index (χ4n) is 4.18. The lowest BCUT2D eigenvalue weighted by Crippen LogP contribution is -2.48. The fraction of sp³-hybridized carbons (Fsp3) is 0.500. The second kappa shape index (κ2) is 9.73. The average Bonchev–Trinajstić information content (AvgIpc) is 2.71. The van der Waals surface area contributed by atoms with Crippen LogP contribution in [-0.4, -0.2) is 40.8 Å². The molecule has 0 unspecified atom stereocenters. The maximum atomic E-state index is 12.8. The number of hydrogen-bond acceptors (Lipinski definition) is 5. The summed E-state index contributed by atoms with van der Waals surface area (Å²) < 4.78 is 0. The summed E-state index contributed by atoms with van der Waals surface area (Å²) in [7, 11) is 0. The molecule has 0 aliphatic carbocycles. The van der Waals surface area contributed by atoms with Crippen molar-refractivity contribution in [1.29, 1.82) is 5.26 Å². The predicted molar refractivity (Wildman–Crippen MR) is 118 cm³/mol. The maximum absolute atomic E-state index is 12.8. The molecule has 7 heteroatoms. The van der Waals surface area contributed by atoms with E-state index in [0.717, 1.165) is 29.7 Å². The maximum Gasteiger partial charge on any atom is 0.233 e.